The molecule has 3 saturated carbocycles. The Labute approximate surface area is 909 Å². The lowest BCUT2D eigenvalue weighted by Gasteiger charge is -2.53. The minimum atomic E-state index is -0.0583. The molecule has 0 aliphatic heterocycles. The molecular formula is C147H216. The molecule has 0 saturated heterocycles. The summed E-state index contributed by atoms with van der Waals surface area (Å²) in [4.78, 5) is 0. The van der Waals surface area contributed by atoms with Gasteiger partial charge in [0, 0.05) is 0 Å². The second kappa shape index (κ2) is 63.2. The van der Waals surface area contributed by atoms with Crippen LogP contribution >= 0.6 is 0 Å². The summed E-state index contributed by atoms with van der Waals surface area (Å²) in [6.45, 7) is 49.5. The number of hydrogen-bond donors (Lipinski definition) is 0. The first kappa shape index (κ1) is 140. The molecular weight excluding hydrogens is 1770 g/mol. The molecule has 6 unspecified atom stereocenters. The van der Waals surface area contributed by atoms with Crippen molar-refractivity contribution in [3.8, 4) is 33.4 Å². The maximum atomic E-state index is 2.54. The molecule has 15 aromatic carbocycles. The highest BCUT2D eigenvalue weighted by Crippen LogP contribution is 2.81. The first-order valence-corrected chi connectivity index (χ1v) is 52.5. The molecule has 27 rings (SSSR count). The molecule has 0 bridgehead atoms. The van der Waals surface area contributed by atoms with Crippen LogP contribution in [0.5, 0.6) is 0 Å². The van der Waals surface area contributed by atoms with Crippen LogP contribution < -0.4 is 0 Å². The van der Waals surface area contributed by atoms with Crippen molar-refractivity contribution in [3.05, 3.63) is 428 Å². The van der Waals surface area contributed by atoms with Gasteiger partial charge in [0.05, 0.1) is 16.2 Å². The van der Waals surface area contributed by atoms with E-state index in [1.54, 1.807) is 83.5 Å². The number of hydrogen-bond acceptors (Lipinski definition) is 0. The van der Waals surface area contributed by atoms with E-state index < -0.39 is 0 Å². The maximum Gasteiger partial charge on any atom is 0.0509 e. The highest BCUT2D eigenvalue weighted by Gasteiger charge is 2.73. The predicted octanol–water partition coefficient (Wildman–Crippen LogP) is 47.7. The van der Waals surface area contributed by atoms with Crippen LogP contribution in [-0.4, -0.2) is 0 Å². The van der Waals surface area contributed by atoms with Gasteiger partial charge in [0.2, 0.25) is 0 Å². The van der Waals surface area contributed by atoms with E-state index in [1.165, 1.54) is 140 Å². The van der Waals surface area contributed by atoms with E-state index in [0.717, 1.165) is 0 Å². The molecule has 0 N–H and O–H groups in total. The van der Waals surface area contributed by atoms with Gasteiger partial charge in [-0.2, -0.15) is 0 Å². The Morgan fingerprint density at radius 1 is 0.184 bits per heavy atom. The van der Waals surface area contributed by atoms with Crippen molar-refractivity contribution in [2.75, 3.05) is 0 Å². The summed E-state index contributed by atoms with van der Waals surface area (Å²) in [5, 5.41) is 8.24. The summed E-state index contributed by atoms with van der Waals surface area (Å²) in [5.41, 5.74) is 36.9. The molecule has 0 nitrogen and oxygen atoms in total. The summed E-state index contributed by atoms with van der Waals surface area (Å²) in [7, 11) is 0. The van der Waals surface area contributed by atoms with Gasteiger partial charge in [0.15, 0.2) is 0 Å². The van der Waals surface area contributed by atoms with Gasteiger partial charge < -0.3 is 0 Å². The van der Waals surface area contributed by atoms with Crippen LogP contribution in [0.3, 0.4) is 0 Å². The monoisotopic (exact) mass is 1980 g/mol. The van der Waals surface area contributed by atoms with E-state index in [9.17, 15) is 0 Å². The average Bonchev–Trinajstić information content (AvgIpc) is 1.49. The summed E-state index contributed by atoms with van der Waals surface area (Å²) in [5.74, 6) is 7.76. The normalized spacial score (nSPS) is 20.8. The van der Waals surface area contributed by atoms with Gasteiger partial charge in [0.1, 0.15) is 0 Å². The van der Waals surface area contributed by atoms with Gasteiger partial charge in [-0.1, -0.05) is 632 Å². The minimum Gasteiger partial charge on any atom is -0.0776 e. The Balaban J connectivity index is -0.00000179. The molecule has 15 aromatic rings. The molecule has 0 heteroatoms. The standard InChI is InChI=1S/3C34H24.6C3H8.6C2H6.15CH4/c1-4-12-23-20(9-1)17-18-25-24-13-5-7-15-28(24)34(32(23)25)29-16-8-6-14-26(29)31-30-22-11-3-2-10-21(22)19-27(30)33(31)34;1-3-11-22-20(9-1)17-18-29-30(22)24-13-5-7-15-27(24)34(29)28-16-8-6-14-25(28)32-31-23-12-4-2-10-21(23)19-26(31)33(32)34;1-2-10-21-19-30-26(17-20(21)9-1)24-13-5-7-15-28(24)34(30)29-16-8-6-14-25(29)32-31-23-12-4-3-11-22(23)18-27(31)33(32)34;6*1-3-2;6*1-2;;;;;;;;;;;;;;;/h1-18,27,30-31,33H,19H2;1-18,26,31-33H,19H2;1-17,19,27,31-33H,18H2;6*3H2,1-2H3;6*1-2H3;15*1H4/t27-,30+,31?,33-,34?;26-,31+,32?,33-,34?;27-,31+,32?,33-,34?;;;;;;;;;;;;;;;;;;;;;;;;;;;/m000.........................../s1. The third-order valence-corrected chi connectivity index (χ3v) is 29.3. The van der Waals surface area contributed by atoms with Crippen LogP contribution in [0.25, 0.3) is 65.7 Å². The van der Waals surface area contributed by atoms with Crippen LogP contribution in [0.15, 0.2) is 328 Å². The summed E-state index contributed by atoms with van der Waals surface area (Å²) >= 11 is 0. The molecule has 147 heavy (non-hydrogen) atoms. The van der Waals surface area contributed by atoms with Crippen molar-refractivity contribution >= 4 is 32.3 Å². The van der Waals surface area contributed by atoms with Crippen molar-refractivity contribution in [1.29, 1.82) is 0 Å². The van der Waals surface area contributed by atoms with E-state index in [0.29, 0.717) is 71.0 Å². The van der Waals surface area contributed by atoms with Gasteiger partial charge in [-0.3, -0.25) is 0 Å². The number of fused-ring (bicyclic) bond motifs is 50. The SMILES string of the molecule is C.C.C.C.C.C.C.C.C.C.C.C.C.C.C.CC.CC.CC.CC.CC.CC.CCC.CCC.CCC.CCC.CCC.CCC.c1ccc2c(c1)C[C@@H]1[C@H]3C(c4ccccc4C34c3ccccc3-c3c4ccc4ccccc34)[C@H]21.c1ccc2c(c1)C[C@@H]1[C@H]3C(c4ccccc4C34c3ccccc3-c3cc5ccccc5cc34)[C@H]21.c1ccc2c(c1)C[C@@H]1[C@H]3C(c4ccccc4C34c3ccccc3-c3ccc5ccccc5c34)[C@H]21. The zero-order valence-corrected chi connectivity index (χ0v) is 85.0. The summed E-state index contributed by atoms with van der Waals surface area (Å²) in [6.07, 6.45) is 11.2. The third kappa shape index (κ3) is 22.4. The van der Waals surface area contributed by atoms with Crippen molar-refractivity contribution in [3.63, 3.8) is 0 Å². The largest absolute Gasteiger partial charge is 0.0776 e. The Kier molecular flexibility index (Phi) is 60.2. The Bertz CT molecular complexity index is 6180. The molecule has 0 radical (unpaired) electrons. The lowest BCUT2D eigenvalue weighted by Crippen LogP contribution is -2.48. The molecule has 3 spiro atoms. The molecule has 3 fully saturated rings. The minimum absolute atomic E-state index is 0. The van der Waals surface area contributed by atoms with Crippen molar-refractivity contribution in [2.24, 2.45) is 35.5 Å². The molecule has 804 valence electrons. The maximum absolute atomic E-state index is 2.54. The Morgan fingerprint density at radius 2 is 0.429 bits per heavy atom. The van der Waals surface area contributed by atoms with E-state index in [-0.39, 0.29) is 128 Å². The average molecular weight is 1980 g/mol. The van der Waals surface area contributed by atoms with Gasteiger partial charge in [-0.15, -0.1) is 0 Å². The Hall–Kier alpha value is -10.9. The van der Waals surface area contributed by atoms with Gasteiger partial charge in [-0.05, 0) is 268 Å². The molecule has 15 atom stereocenters. The fraction of sp³-hybridized carbons (Fsp3) is 0.429. The van der Waals surface area contributed by atoms with Gasteiger partial charge >= 0.3 is 0 Å². The van der Waals surface area contributed by atoms with E-state index in [2.05, 4.69) is 411 Å². The smallest absolute Gasteiger partial charge is 0.0509 e. The molecule has 0 heterocycles. The lowest BCUT2D eigenvalue weighted by atomic mass is 9.49. The highest BCUT2D eigenvalue weighted by atomic mass is 14.8. The molecule has 12 aliphatic rings. The summed E-state index contributed by atoms with van der Waals surface area (Å²) < 4.78 is 0. The van der Waals surface area contributed by atoms with Crippen LogP contribution in [0.2, 0.25) is 0 Å². The number of benzene rings is 15. The van der Waals surface area contributed by atoms with Crippen molar-refractivity contribution < 1.29 is 0 Å². The van der Waals surface area contributed by atoms with Crippen LogP contribution in [0.1, 0.15) is 452 Å². The highest BCUT2D eigenvalue weighted by molar-refractivity contribution is 6.05. The third-order valence-electron chi connectivity index (χ3n) is 29.3. The topological polar surface area (TPSA) is 0 Å². The zero-order chi connectivity index (χ0) is 94.3. The first-order valence-electron chi connectivity index (χ1n) is 52.5. The van der Waals surface area contributed by atoms with E-state index in [1.807, 2.05) is 83.1 Å². The van der Waals surface area contributed by atoms with Crippen LogP contribution in [0.4, 0.5) is 0 Å². The van der Waals surface area contributed by atoms with Gasteiger partial charge in [-0.25, -0.2) is 0 Å². The van der Waals surface area contributed by atoms with Gasteiger partial charge in [0.25, 0.3) is 0 Å². The van der Waals surface area contributed by atoms with Crippen LogP contribution in [-0.2, 0) is 35.5 Å². The van der Waals surface area contributed by atoms with Crippen LogP contribution in [0, 0.1) is 35.5 Å². The number of rotatable bonds is 0. The molecule has 0 amide bonds. The summed E-state index contributed by atoms with van der Waals surface area (Å²) in [6, 6.07) is 126. The molecule has 12 aliphatic carbocycles. The second-order valence-corrected chi connectivity index (χ2v) is 36.7. The second-order valence-electron chi connectivity index (χ2n) is 36.7. The van der Waals surface area contributed by atoms with E-state index in [4.69, 9.17) is 0 Å². The predicted molar refractivity (Wildman–Crippen MR) is 680 cm³/mol. The van der Waals surface area contributed by atoms with E-state index >= 15 is 0 Å². The van der Waals surface area contributed by atoms with Crippen molar-refractivity contribution in [2.45, 2.75) is 387 Å². The quantitative estimate of drug-likeness (QED) is 0.142. The lowest BCUT2D eigenvalue weighted by molar-refractivity contribution is 0.0821. The first-order chi connectivity index (χ1) is 65.1. The Morgan fingerprint density at radius 3 is 0.803 bits per heavy atom. The molecule has 0 aromatic heterocycles. The zero-order valence-electron chi connectivity index (χ0n) is 85.0. The fourth-order valence-corrected chi connectivity index (χ4v) is 26.5. The fourth-order valence-electron chi connectivity index (χ4n) is 26.5. The van der Waals surface area contributed by atoms with Crippen molar-refractivity contribution in [1.82, 2.24) is 0 Å².